The van der Waals surface area contributed by atoms with Gasteiger partial charge in [0.1, 0.15) is 18.4 Å². The predicted molar refractivity (Wildman–Crippen MR) is 117 cm³/mol. The van der Waals surface area contributed by atoms with Crippen LogP contribution in [0.2, 0.25) is 0 Å². The molecule has 0 aromatic heterocycles. The monoisotopic (exact) mass is 391 g/mol. The van der Waals surface area contributed by atoms with Gasteiger partial charge in [0.2, 0.25) is 0 Å². The maximum Gasteiger partial charge on any atom is 0.320 e. The van der Waals surface area contributed by atoms with Gasteiger partial charge in [0.15, 0.2) is 0 Å². The van der Waals surface area contributed by atoms with Gasteiger partial charge in [-0.3, -0.25) is 4.79 Å². The van der Waals surface area contributed by atoms with Gasteiger partial charge in [-0.15, -0.1) is 0 Å². The van der Waals surface area contributed by atoms with Gasteiger partial charge in [-0.05, 0) is 41.7 Å². The predicted octanol–water partition coefficient (Wildman–Crippen LogP) is 5.32. The van der Waals surface area contributed by atoms with E-state index in [0.717, 1.165) is 27.6 Å². The van der Waals surface area contributed by atoms with Crippen molar-refractivity contribution in [3.8, 4) is 5.75 Å². The van der Waals surface area contributed by atoms with Crippen molar-refractivity contribution < 1.29 is 14.6 Å². The Bertz CT molecular complexity index is 963. The fourth-order valence-corrected chi connectivity index (χ4v) is 3.45. The third kappa shape index (κ3) is 5.58. The van der Waals surface area contributed by atoms with E-state index in [1.165, 1.54) is 5.56 Å². The summed E-state index contributed by atoms with van der Waals surface area (Å²) in [5, 5.41) is 15.0. The SMILES string of the molecule is Cc1ccc(COc2ccc3ccccc3c2CNC(CC(C)C)C(=O)O)cc1. The quantitative estimate of drug-likeness (QED) is 0.518. The van der Waals surface area contributed by atoms with Gasteiger partial charge in [0.25, 0.3) is 0 Å². The molecule has 0 aliphatic carbocycles. The van der Waals surface area contributed by atoms with Gasteiger partial charge in [-0.1, -0.05) is 74.0 Å². The summed E-state index contributed by atoms with van der Waals surface area (Å²) >= 11 is 0. The summed E-state index contributed by atoms with van der Waals surface area (Å²) in [6.45, 7) is 7.04. The van der Waals surface area contributed by atoms with E-state index in [0.29, 0.717) is 25.5 Å². The molecule has 3 aromatic carbocycles. The fourth-order valence-electron chi connectivity index (χ4n) is 3.45. The molecular weight excluding hydrogens is 362 g/mol. The summed E-state index contributed by atoms with van der Waals surface area (Å²) in [4.78, 5) is 11.6. The zero-order valence-electron chi connectivity index (χ0n) is 17.3. The minimum atomic E-state index is -0.818. The molecule has 1 atom stereocenters. The van der Waals surface area contributed by atoms with Crippen LogP contribution in [0, 0.1) is 12.8 Å². The normalized spacial score (nSPS) is 12.3. The second kappa shape index (κ2) is 9.57. The zero-order valence-corrected chi connectivity index (χ0v) is 17.3. The van der Waals surface area contributed by atoms with Gasteiger partial charge < -0.3 is 15.2 Å². The van der Waals surface area contributed by atoms with Crippen molar-refractivity contribution in [2.24, 2.45) is 5.92 Å². The van der Waals surface area contributed by atoms with Gasteiger partial charge in [0, 0.05) is 12.1 Å². The van der Waals surface area contributed by atoms with Crippen molar-refractivity contribution in [3.63, 3.8) is 0 Å². The Morgan fingerprint density at radius 2 is 1.76 bits per heavy atom. The minimum Gasteiger partial charge on any atom is -0.489 e. The van der Waals surface area contributed by atoms with Crippen molar-refractivity contribution >= 4 is 16.7 Å². The number of hydrogen-bond acceptors (Lipinski definition) is 3. The lowest BCUT2D eigenvalue weighted by atomic mass is 10.0. The average Bonchev–Trinajstić information content (AvgIpc) is 2.70. The highest BCUT2D eigenvalue weighted by Gasteiger charge is 2.19. The van der Waals surface area contributed by atoms with E-state index >= 15 is 0 Å². The van der Waals surface area contributed by atoms with Gasteiger partial charge in [-0.25, -0.2) is 0 Å². The molecule has 0 bridgehead atoms. The lowest BCUT2D eigenvalue weighted by molar-refractivity contribution is -0.140. The van der Waals surface area contributed by atoms with Gasteiger partial charge in [-0.2, -0.15) is 0 Å². The number of rotatable bonds is 9. The lowest BCUT2D eigenvalue weighted by Gasteiger charge is -2.19. The highest BCUT2D eigenvalue weighted by molar-refractivity contribution is 5.87. The molecular formula is C25H29NO3. The first-order chi connectivity index (χ1) is 13.9. The number of aryl methyl sites for hydroxylation is 1. The topological polar surface area (TPSA) is 58.6 Å². The summed E-state index contributed by atoms with van der Waals surface area (Å²) in [5.74, 6) is 0.264. The molecule has 0 aliphatic heterocycles. The molecule has 0 saturated heterocycles. The van der Waals surface area contributed by atoms with Gasteiger partial charge >= 0.3 is 5.97 Å². The van der Waals surface area contributed by atoms with Crippen LogP contribution in [0.25, 0.3) is 10.8 Å². The summed E-state index contributed by atoms with van der Waals surface area (Å²) in [6, 6.07) is 19.8. The number of carboxylic acids is 1. The first-order valence-electron chi connectivity index (χ1n) is 10.1. The van der Waals surface area contributed by atoms with Crippen LogP contribution in [0.3, 0.4) is 0 Å². The Kier molecular flexibility index (Phi) is 6.89. The van der Waals surface area contributed by atoms with Crippen LogP contribution >= 0.6 is 0 Å². The smallest absolute Gasteiger partial charge is 0.320 e. The summed E-state index contributed by atoms with van der Waals surface area (Å²) in [7, 11) is 0. The van der Waals surface area contributed by atoms with Crippen LogP contribution in [0.15, 0.2) is 60.7 Å². The average molecular weight is 392 g/mol. The maximum atomic E-state index is 11.6. The molecule has 4 nitrogen and oxygen atoms in total. The standard InChI is InChI=1S/C25H29NO3/c1-17(2)14-23(25(27)28)26-15-22-21-7-5-4-6-20(21)12-13-24(22)29-16-19-10-8-18(3)9-11-19/h4-13,17,23,26H,14-16H2,1-3H3,(H,27,28). The van der Waals surface area contributed by atoms with Crippen LogP contribution in [0.4, 0.5) is 0 Å². The molecule has 0 aliphatic rings. The number of nitrogens with one attached hydrogen (secondary N) is 1. The Hall–Kier alpha value is -2.85. The Labute approximate surface area is 172 Å². The molecule has 0 radical (unpaired) electrons. The molecule has 4 heteroatoms. The fraction of sp³-hybridized carbons (Fsp3) is 0.320. The van der Waals surface area contributed by atoms with E-state index in [-0.39, 0.29) is 0 Å². The van der Waals surface area contributed by atoms with Crippen LogP contribution in [0.5, 0.6) is 5.75 Å². The van der Waals surface area contributed by atoms with Crippen LogP contribution in [-0.4, -0.2) is 17.1 Å². The highest BCUT2D eigenvalue weighted by atomic mass is 16.5. The number of aliphatic carboxylic acids is 1. The molecule has 29 heavy (non-hydrogen) atoms. The second-order valence-corrected chi connectivity index (χ2v) is 7.94. The molecule has 152 valence electrons. The number of hydrogen-bond donors (Lipinski definition) is 2. The summed E-state index contributed by atoms with van der Waals surface area (Å²) in [6.07, 6.45) is 0.583. The number of carbonyl (C=O) groups is 1. The molecule has 0 spiro atoms. The van der Waals surface area contributed by atoms with E-state index < -0.39 is 12.0 Å². The second-order valence-electron chi connectivity index (χ2n) is 7.94. The number of carboxylic acid groups (broad SMARTS) is 1. The number of ether oxygens (including phenoxy) is 1. The molecule has 0 fully saturated rings. The largest absolute Gasteiger partial charge is 0.489 e. The third-order valence-corrected chi connectivity index (χ3v) is 5.04. The van der Waals surface area contributed by atoms with Crippen LogP contribution in [0.1, 0.15) is 37.0 Å². The zero-order chi connectivity index (χ0) is 20.8. The third-order valence-electron chi connectivity index (χ3n) is 5.04. The Morgan fingerprint density at radius 3 is 2.45 bits per heavy atom. The number of fused-ring (bicyclic) bond motifs is 1. The van der Waals surface area contributed by atoms with E-state index in [1.807, 2.05) is 38.1 Å². The van der Waals surface area contributed by atoms with Gasteiger partial charge in [0.05, 0.1) is 0 Å². The minimum absolute atomic E-state index is 0.299. The van der Waals surface area contributed by atoms with E-state index in [9.17, 15) is 9.90 Å². The summed E-state index contributed by atoms with van der Waals surface area (Å²) < 4.78 is 6.16. The molecule has 0 saturated carbocycles. The summed E-state index contributed by atoms with van der Waals surface area (Å²) in [5.41, 5.74) is 3.31. The van der Waals surface area contributed by atoms with Crippen molar-refractivity contribution in [1.82, 2.24) is 5.32 Å². The van der Waals surface area contributed by atoms with Crippen molar-refractivity contribution in [1.29, 1.82) is 0 Å². The highest BCUT2D eigenvalue weighted by Crippen LogP contribution is 2.29. The lowest BCUT2D eigenvalue weighted by Crippen LogP contribution is -2.37. The molecule has 3 rings (SSSR count). The molecule has 0 heterocycles. The van der Waals surface area contributed by atoms with Crippen LogP contribution < -0.4 is 10.1 Å². The van der Waals surface area contributed by atoms with Crippen molar-refractivity contribution in [2.75, 3.05) is 0 Å². The molecule has 3 aromatic rings. The molecule has 2 N–H and O–H groups in total. The Morgan fingerprint density at radius 1 is 1.03 bits per heavy atom. The van der Waals surface area contributed by atoms with E-state index in [4.69, 9.17) is 4.74 Å². The van der Waals surface area contributed by atoms with Crippen molar-refractivity contribution in [2.45, 2.75) is 46.4 Å². The van der Waals surface area contributed by atoms with Crippen LogP contribution in [-0.2, 0) is 17.9 Å². The molecule has 1 unspecified atom stereocenters. The molecule has 0 amide bonds. The first kappa shape index (κ1) is 20.9. The first-order valence-corrected chi connectivity index (χ1v) is 10.1. The number of benzene rings is 3. The van der Waals surface area contributed by atoms with E-state index in [1.54, 1.807) is 0 Å². The van der Waals surface area contributed by atoms with Crippen molar-refractivity contribution in [3.05, 3.63) is 77.4 Å². The Balaban J connectivity index is 1.85. The maximum absolute atomic E-state index is 11.6. The van der Waals surface area contributed by atoms with E-state index in [2.05, 4.69) is 48.6 Å².